The van der Waals surface area contributed by atoms with E-state index in [1.54, 1.807) is 86.8 Å². The van der Waals surface area contributed by atoms with Crippen LogP contribution in [0.15, 0.2) is 109 Å². The second-order valence-electron chi connectivity index (χ2n) is 34.9. The average Bonchev–Trinajstić information content (AvgIpc) is 1.63. The van der Waals surface area contributed by atoms with Crippen molar-refractivity contribution >= 4 is 139 Å². The Balaban J connectivity index is 0.000000141. The fourth-order valence-electron chi connectivity index (χ4n) is 15.2. The molecule has 2 unspecified atom stereocenters. The van der Waals surface area contributed by atoms with E-state index in [1.807, 2.05) is 84.3 Å². The molecular formula is C88H102BBrCl2N16O17. The number of carbonyl (C=O) groups excluding carboxylic acids is 6. The Labute approximate surface area is 741 Å². The van der Waals surface area contributed by atoms with Gasteiger partial charge in [-0.15, -0.1) is 0 Å². The predicted octanol–water partition coefficient (Wildman–Crippen LogP) is 14.3. The van der Waals surface area contributed by atoms with Crippen molar-refractivity contribution in [1.29, 1.82) is 0 Å². The number of halogens is 3. The van der Waals surface area contributed by atoms with Crippen LogP contribution in [0.2, 0.25) is 10.3 Å². The number of ether oxygens (including phenoxy) is 6. The number of aliphatic hydroxyl groups excluding tert-OH is 3. The molecule has 0 aromatic carbocycles. The lowest BCUT2D eigenvalue weighted by Crippen LogP contribution is -2.41. The van der Waals surface area contributed by atoms with Crippen LogP contribution in [0.3, 0.4) is 0 Å². The van der Waals surface area contributed by atoms with E-state index in [4.69, 9.17) is 76.8 Å². The lowest BCUT2D eigenvalue weighted by atomic mass is 9.78. The first-order valence-electron chi connectivity index (χ1n) is 40.8. The molecule has 33 nitrogen and oxygen atoms in total. The molecule has 4 saturated heterocycles. The second kappa shape index (κ2) is 37.5. The van der Waals surface area contributed by atoms with Gasteiger partial charge in [-0.2, -0.15) is 0 Å². The molecule has 6 amide bonds. The maximum Gasteiger partial charge on any atom is 0.495 e. The van der Waals surface area contributed by atoms with E-state index >= 15 is 0 Å². The molecule has 10 aromatic heterocycles. The zero-order valence-electron chi connectivity index (χ0n) is 72.3. The third-order valence-corrected chi connectivity index (χ3v) is 23.3. The number of imide groups is 3. The standard InChI is InChI=1S/C30H32N6O5.C22H25ClN4O5.C14H19BN2O2.C12H12BrClN2O3.C10H14N2O2/c1-30(2,3)41-29(39)36-14-21-25(28(36)38)22(13-32-26(21)19-7-10-31-27-20(19)8-11-35(27)4)33-24-6-5-18(23(15-37)34-24)17-9-12-40-16-17;1-22(2,3)32-21(30)27-9-14-18(20(27)29)15(8-24-19(14)23)25-17-5-4-13(16(10-28)26-17)12-6-7-31-11-12;1-13(2)14(3,4)19-15(18-13)11-6-8-16-12-10(11)7-9-17(12)5;1-12(2,3)19-11(18)16-5-6-8(10(16)17)7(13)4-15-9(6)14;11-10-2-1-8(9(5-13)12-10)7-3-4-14-6-7/h5-8,10-11,13,17,37H,9,12,14-16H2,1-4H3,(H,33,34);4-5,8,12,28H,6-7,9-11H2,1-3H3,(H,25,26);6-9H,1-5H3;4H,5H2,1-3H3;1-2,7,13H,3-6H2,(H2,11,12)/t17-;;;;/m1..../s1. The smallest absolute Gasteiger partial charge is 0.443 e. The third-order valence-electron chi connectivity index (χ3n) is 22.0. The summed E-state index contributed by atoms with van der Waals surface area (Å²) in [6, 6.07) is 19.0. The molecule has 0 aliphatic carbocycles. The summed E-state index contributed by atoms with van der Waals surface area (Å²) in [6.07, 6.45) is 12.5. The lowest BCUT2D eigenvalue weighted by molar-refractivity contribution is 0.00578. The molecule has 37 heteroatoms. The fraction of sp³-hybridized carbons (Fsp3) is 0.432. The van der Waals surface area contributed by atoms with E-state index in [0.717, 1.165) is 97.0 Å². The van der Waals surface area contributed by atoms with E-state index < -0.39 is 52.8 Å². The molecule has 7 N–H and O–H groups in total. The van der Waals surface area contributed by atoms with Gasteiger partial charge in [0.05, 0.1) is 134 Å². The number of nitrogens with two attached hydrogens (primary N) is 1. The van der Waals surface area contributed by atoms with Crippen molar-refractivity contribution in [1.82, 2.24) is 63.7 Å². The van der Waals surface area contributed by atoms with Crippen LogP contribution in [0.25, 0.3) is 33.3 Å². The van der Waals surface area contributed by atoms with Crippen LogP contribution in [0, 0.1) is 0 Å². The van der Waals surface area contributed by atoms with Crippen LogP contribution in [-0.2, 0) is 91.3 Å². The van der Waals surface area contributed by atoms with Gasteiger partial charge in [0.1, 0.15) is 55.9 Å². The van der Waals surface area contributed by atoms with Crippen molar-refractivity contribution in [2.75, 3.05) is 56.0 Å². The maximum atomic E-state index is 13.8. The molecule has 0 spiro atoms. The number of amides is 6. The lowest BCUT2D eigenvalue weighted by Gasteiger charge is -2.32. The van der Waals surface area contributed by atoms with Crippen LogP contribution < -0.4 is 21.8 Å². The highest BCUT2D eigenvalue weighted by atomic mass is 79.9. The highest BCUT2D eigenvalue weighted by molar-refractivity contribution is 9.10. The number of carbonyl (C=O) groups is 6. The van der Waals surface area contributed by atoms with Crippen molar-refractivity contribution in [2.24, 2.45) is 14.1 Å². The fourth-order valence-corrected chi connectivity index (χ4v) is 16.1. The Morgan fingerprint density at radius 2 is 0.920 bits per heavy atom. The van der Waals surface area contributed by atoms with Gasteiger partial charge in [0.15, 0.2) is 0 Å². The Morgan fingerprint density at radius 1 is 0.528 bits per heavy atom. The third kappa shape index (κ3) is 20.4. The van der Waals surface area contributed by atoms with E-state index in [2.05, 4.69) is 95.2 Å². The average molecular weight is 1820 g/mol. The van der Waals surface area contributed by atoms with Crippen LogP contribution in [-0.4, -0.2) is 190 Å². The zero-order valence-corrected chi connectivity index (χ0v) is 75.4. The molecule has 17 rings (SSSR count). The van der Waals surface area contributed by atoms with Crippen molar-refractivity contribution < 1.29 is 81.8 Å². The summed E-state index contributed by atoms with van der Waals surface area (Å²) in [6.45, 7) is 27.6. The van der Waals surface area contributed by atoms with Crippen molar-refractivity contribution in [3.8, 4) is 11.3 Å². The molecule has 0 bridgehead atoms. The first kappa shape index (κ1) is 92.0. The monoisotopic (exact) mass is 1810 g/mol. The molecule has 3 atom stereocenters. The van der Waals surface area contributed by atoms with Gasteiger partial charge in [-0.3, -0.25) is 19.4 Å². The maximum absolute atomic E-state index is 13.8. The number of nitrogens with one attached hydrogen (secondary N) is 2. The molecule has 4 fully saturated rings. The minimum Gasteiger partial charge on any atom is -0.443 e. The van der Waals surface area contributed by atoms with Gasteiger partial charge < -0.3 is 78.6 Å². The number of fused-ring (bicyclic) bond motifs is 5. The molecule has 125 heavy (non-hydrogen) atoms. The molecule has 660 valence electrons. The number of hydrogen-bond donors (Lipinski definition) is 6. The van der Waals surface area contributed by atoms with Crippen LogP contribution >= 0.6 is 39.1 Å². The summed E-state index contributed by atoms with van der Waals surface area (Å²) < 4.78 is 49.0. The minimum atomic E-state index is -0.772. The van der Waals surface area contributed by atoms with Gasteiger partial charge in [-0.25, -0.2) is 64.0 Å². The van der Waals surface area contributed by atoms with E-state index in [1.165, 1.54) is 12.4 Å². The molecule has 10 aromatic rings. The number of aryl methyl sites for hydroxylation is 2. The molecular weight excluding hydrogens is 1710 g/mol. The van der Waals surface area contributed by atoms with Crippen LogP contribution in [0.4, 0.5) is 43.2 Å². The normalized spacial score (nSPS) is 18.0. The number of rotatable bonds is 12. The van der Waals surface area contributed by atoms with Crippen molar-refractivity contribution in [3.05, 3.63) is 186 Å². The Morgan fingerprint density at radius 3 is 1.36 bits per heavy atom. The molecule has 0 radical (unpaired) electrons. The van der Waals surface area contributed by atoms with Gasteiger partial charge in [-0.1, -0.05) is 41.4 Å². The number of anilines is 5. The zero-order chi connectivity index (χ0) is 90.1. The molecule has 7 aliphatic heterocycles. The summed E-state index contributed by atoms with van der Waals surface area (Å²) in [5.41, 5.74) is 14.9. The number of hydrogen-bond acceptors (Lipinski definition) is 28. The summed E-state index contributed by atoms with van der Waals surface area (Å²) in [5.74, 6) is 0.650. The number of aliphatic hydroxyl groups is 3. The number of aromatic nitrogens is 10. The molecule has 0 saturated carbocycles. The molecule has 7 aliphatic rings. The van der Waals surface area contributed by atoms with Crippen molar-refractivity contribution in [3.63, 3.8) is 0 Å². The van der Waals surface area contributed by atoms with Crippen LogP contribution in [0.5, 0.6) is 0 Å². The Hall–Kier alpha value is -10.7. The summed E-state index contributed by atoms with van der Waals surface area (Å²) in [4.78, 5) is 115. The summed E-state index contributed by atoms with van der Waals surface area (Å²) >= 11 is 15.4. The van der Waals surface area contributed by atoms with Gasteiger partial charge in [0, 0.05) is 120 Å². The Bertz CT molecular complexity index is 5760. The minimum absolute atomic E-state index is 0.00746. The second-order valence-corrected chi connectivity index (χ2v) is 36.4. The van der Waals surface area contributed by atoms with E-state index in [0.29, 0.717) is 116 Å². The van der Waals surface area contributed by atoms with Gasteiger partial charge >= 0.3 is 25.4 Å². The van der Waals surface area contributed by atoms with E-state index in [-0.39, 0.29) is 85.5 Å². The molecule has 17 heterocycles. The highest BCUT2D eigenvalue weighted by Gasteiger charge is 2.52. The summed E-state index contributed by atoms with van der Waals surface area (Å²) in [7, 11) is 3.57. The topological polar surface area (TPSA) is 410 Å². The predicted molar refractivity (Wildman–Crippen MR) is 471 cm³/mol. The van der Waals surface area contributed by atoms with Gasteiger partial charge in [0.25, 0.3) is 17.7 Å². The van der Waals surface area contributed by atoms with Crippen molar-refractivity contribution in [2.45, 2.75) is 194 Å². The highest BCUT2D eigenvalue weighted by Crippen LogP contribution is 2.43. The van der Waals surface area contributed by atoms with E-state index in [9.17, 15) is 39.0 Å². The first-order valence-corrected chi connectivity index (χ1v) is 42.4. The largest absolute Gasteiger partial charge is 0.495 e. The first-order chi connectivity index (χ1) is 59.1. The van der Waals surface area contributed by atoms with Gasteiger partial charge in [0.2, 0.25) is 0 Å². The van der Waals surface area contributed by atoms with Gasteiger partial charge in [-0.05, 0) is 190 Å². The number of pyridine rings is 8. The van der Waals surface area contributed by atoms with Crippen LogP contribution in [0.1, 0.15) is 209 Å². The quantitative estimate of drug-likeness (QED) is 0.0376. The number of nitrogens with zero attached hydrogens (tertiary/aromatic N) is 13. The summed E-state index contributed by atoms with van der Waals surface area (Å²) in [5, 5.41) is 37.7. The Kier molecular flexibility index (Phi) is 27.6. The SMILES string of the molecule is CC(C)(C)OC(=O)N1Cc2c(Cl)ncc(Br)c2C1=O.CC(C)(C)OC(=O)N1Cc2c(Cl)ncc(Nc3ccc(C4CCOC4)c(CO)n3)c2C1=O.Cn1ccc2c(-c3ncc(Nc4ccc([C@@H]5CCOC5)c(CO)n4)c4c3CN(C(=O)OC(C)(C)C)C4=O)ccnc21.Cn1ccc2c(B3OC(C)(C)C(C)(C)O3)ccnc21.Nc1ccc(C2CCOC2)c(CO)n1. The number of nitrogen functional groups attached to an aromatic ring is 1.